The van der Waals surface area contributed by atoms with Crippen LogP contribution in [0.5, 0.6) is 5.75 Å². The lowest BCUT2D eigenvalue weighted by Gasteiger charge is -2.34. The number of hydrogen-bond acceptors (Lipinski definition) is 3. The molecule has 0 saturated carbocycles. The minimum absolute atomic E-state index is 0.0113. The lowest BCUT2D eigenvalue weighted by Crippen LogP contribution is -2.49. The zero-order chi connectivity index (χ0) is 18.5. The molecule has 3 rings (SSSR count). The van der Waals surface area contributed by atoms with Crippen molar-refractivity contribution in [3.05, 3.63) is 59.2 Å². The number of ether oxygens (including phenoxy) is 1. The molecule has 1 N–H and O–H groups in total. The van der Waals surface area contributed by atoms with Gasteiger partial charge in [0.15, 0.2) is 0 Å². The molecule has 0 atom stereocenters. The van der Waals surface area contributed by atoms with Crippen LogP contribution in [0.4, 0.5) is 10.5 Å². The molecule has 1 heterocycles. The van der Waals surface area contributed by atoms with Gasteiger partial charge in [0.25, 0.3) is 0 Å². The van der Waals surface area contributed by atoms with Crippen molar-refractivity contribution < 1.29 is 9.53 Å². The van der Waals surface area contributed by atoms with E-state index in [1.165, 1.54) is 11.1 Å². The minimum atomic E-state index is -0.0113. The molecule has 0 radical (unpaired) electrons. The Labute approximate surface area is 155 Å². The number of amides is 2. The number of rotatable bonds is 4. The van der Waals surface area contributed by atoms with E-state index < -0.39 is 0 Å². The number of benzene rings is 2. The van der Waals surface area contributed by atoms with Crippen molar-refractivity contribution >= 4 is 11.7 Å². The summed E-state index contributed by atoms with van der Waals surface area (Å²) in [4.78, 5) is 16.8. The number of carbonyl (C=O) groups excluding carboxylic acids is 1. The van der Waals surface area contributed by atoms with Crippen molar-refractivity contribution in [2.45, 2.75) is 20.4 Å². The number of hydrogen-bond donors (Lipinski definition) is 1. The first kappa shape index (κ1) is 18.3. The molecule has 1 aliphatic heterocycles. The predicted molar refractivity (Wildman–Crippen MR) is 105 cm³/mol. The normalized spacial score (nSPS) is 15.0. The maximum atomic E-state index is 12.5. The van der Waals surface area contributed by atoms with Gasteiger partial charge in [0.2, 0.25) is 0 Å². The van der Waals surface area contributed by atoms with E-state index in [0.717, 1.165) is 49.7 Å². The Morgan fingerprint density at radius 2 is 1.73 bits per heavy atom. The third-order valence-electron chi connectivity index (χ3n) is 5.07. The Bertz CT molecular complexity index is 750. The molecule has 138 valence electrons. The number of nitrogens with one attached hydrogen (secondary N) is 1. The van der Waals surface area contributed by atoms with E-state index in [9.17, 15) is 4.79 Å². The third kappa shape index (κ3) is 4.35. The van der Waals surface area contributed by atoms with Gasteiger partial charge in [-0.25, -0.2) is 4.79 Å². The first-order chi connectivity index (χ1) is 12.6. The zero-order valence-electron chi connectivity index (χ0n) is 15.8. The van der Waals surface area contributed by atoms with Crippen LogP contribution in [-0.4, -0.2) is 49.1 Å². The van der Waals surface area contributed by atoms with E-state index in [-0.39, 0.29) is 6.03 Å². The molecule has 2 aromatic rings. The highest BCUT2D eigenvalue weighted by Gasteiger charge is 2.21. The molecule has 26 heavy (non-hydrogen) atoms. The Morgan fingerprint density at radius 3 is 2.38 bits per heavy atom. The van der Waals surface area contributed by atoms with Crippen molar-refractivity contribution in [1.82, 2.24) is 9.80 Å². The monoisotopic (exact) mass is 353 g/mol. The summed E-state index contributed by atoms with van der Waals surface area (Å²) in [5, 5.41) is 3.05. The maximum absolute atomic E-state index is 12.5. The first-order valence-electron chi connectivity index (χ1n) is 9.04. The summed E-state index contributed by atoms with van der Waals surface area (Å²) in [6.45, 7) is 8.25. The standard InChI is InChI=1S/C21H27N3O2/c1-16-5-4-6-20(17(16)2)22-21(25)24-13-11-23(12-14-24)15-18-7-9-19(26-3)10-8-18/h4-10H,11-15H2,1-3H3,(H,22,25). The molecule has 2 amide bonds. The first-order valence-corrected chi connectivity index (χ1v) is 9.04. The summed E-state index contributed by atoms with van der Waals surface area (Å²) in [6, 6.07) is 14.2. The van der Waals surface area contributed by atoms with Crippen molar-refractivity contribution in [3.8, 4) is 5.75 Å². The van der Waals surface area contributed by atoms with E-state index in [1.54, 1.807) is 7.11 Å². The average molecular weight is 353 g/mol. The van der Waals surface area contributed by atoms with Crippen molar-refractivity contribution in [2.24, 2.45) is 0 Å². The summed E-state index contributed by atoms with van der Waals surface area (Å²) >= 11 is 0. The Kier molecular flexibility index (Phi) is 5.78. The van der Waals surface area contributed by atoms with Crippen LogP contribution in [0, 0.1) is 13.8 Å². The average Bonchev–Trinajstić information content (AvgIpc) is 2.66. The van der Waals surface area contributed by atoms with E-state index in [2.05, 4.69) is 35.3 Å². The molecule has 0 aromatic heterocycles. The van der Waals surface area contributed by atoms with Crippen LogP contribution in [0.15, 0.2) is 42.5 Å². The van der Waals surface area contributed by atoms with Crippen LogP contribution in [0.1, 0.15) is 16.7 Å². The zero-order valence-corrected chi connectivity index (χ0v) is 15.8. The number of aryl methyl sites for hydroxylation is 1. The summed E-state index contributed by atoms with van der Waals surface area (Å²) in [5.74, 6) is 0.877. The fraction of sp³-hybridized carbons (Fsp3) is 0.381. The summed E-state index contributed by atoms with van der Waals surface area (Å²) in [5.41, 5.74) is 4.47. The molecule has 0 unspecified atom stereocenters. The highest BCUT2D eigenvalue weighted by atomic mass is 16.5. The van der Waals surface area contributed by atoms with Crippen LogP contribution in [-0.2, 0) is 6.54 Å². The molecule has 0 aliphatic carbocycles. The molecule has 0 spiro atoms. The Hall–Kier alpha value is -2.53. The van der Waals surface area contributed by atoms with Crippen molar-refractivity contribution in [2.75, 3.05) is 38.6 Å². The van der Waals surface area contributed by atoms with E-state index in [4.69, 9.17) is 4.74 Å². The third-order valence-corrected chi connectivity index (χ3v) is 5.07. The molecule has 1 saturated heterocycles. The number of anilines is 1. The second-order valence-electron chi connectivity index (χ2n) is 6.79. The molecule has 2 aromatic carbocycles. The maximum Gasteiger partial charge on any atom is 0.321 e. The van der Waals surface area contributed by atoms with Crippen LogP contribution < -0.4 is 10.1 Å². The quantitative estimate of drug-likeness (QED) is 0.912. The highest BCUT2D eigenvalue weighted by molar-refractivity contribution is 5.90. The van der Waals surface area contributed by atoms with Crippen LogP contribution in [0.2, 0.25) is 0 Å². The summed E-state index contributed by atoms with van der Waals surface area (Å²) < 4.78 is 5.20. The van der Waals surface area contributed by atoms with Gasteiger partial charge in [-0.3, -0.25) is 4.90 Å². The number of methoxy groups -OCH3 is 1. The molecule has 5 heteroatoms. The predicted octanol–water partition coefficient (Wildman–Crippen LogP) is 3.66. The topological polar surface area (TPSA) is 44.8 Å². The van der Waals surface area contributed by atoms with E-state index in [1.807, 2.05) is 36.1 Å². The van der Waals surface area contributed by atoms with Gasteiger partial charge in [0.05, 0.1) is 7.11 Å². The van der Waals surface area contributed by atoms with Crippen molar-refractivity contribution in [1.29, 1.82) is 0 Å². The fourth-order valence-corrected chi connectivity index (χ4v) is 3.18. The van der Waals surface area contributed by atoms with Gasteiger partial charge in [-0.05, 0) is 48.7 Å². The number of piperazine rings is 1. The molecular weight excluding hydrogens is 326 g/mol. The van der Waals surface area contributed by atoms with Gasteiger partial charge in [-0.1, -0.05) is 24.3 Å². The summed E-state index contributed by atoms with van der Waals surface area (Å²) in [6.07, 6.45) is 0. The molecule has 5 nitrogen and oxygen atoms in total. The second-order valence-corrected chi connectivity index (χ2v) is 6.79. The molecule has 0 bridgehead atoms. The van der Waals surface area contributed by atoms with Gasteiger partial charge < -0.3 is 15.0 Å². The van der Waals surface area contributed by atoms with Gasteiger partial charge in [-0.15, -0.1) is 0 Å². The van der Waals surface area contributed by atoms with Gasteiger partial charge in [0.1, 0.15) is 5.75 Å². The minimum Gasteiger partial charge on any atom is -0.497 e. The van der Waals surface area contributed by atoms with Gasteiger partial charge in [0, 0.05) is 38.4 Å². The van der Waals surface area contributed by atoms with E-state index >= 15 is 0 Å². The van der Waals surface area contributed by atoms with Gasteiger partial charge in [-0.2, -0.15) is 0 Å². The Morgan fingerprint density at radius 1 is 1.04 bits per heavy atom. The molecule has 1 fully saturated rings. The smallest absolute Gasteiger partial charge is 0.321 e. The van der Waals surface area contributed by atoms with E-state index in [0.29, 0.717) is 0 Å². The lowest BCUT2D eigenvalue weighted by atomic mass is 10.1. The SMILES string of the molecule is COc1ccc(CN2CCN(C(=O)Nc3cccc(C)c3C)CC2)cc1. The lowest BCUT2D eigenvalue weighted by molar-refractivity contribution is 0.143. The largest absolute Gasteiger partial charge is 0.497 e. The van der Waals surface area contributed by atoms with Crippen LogP contribution in [0.3, 0.4) is 0 Å². The summed E-state index contributed by atoms with van der Waals surface area (Å²) in [7, 11) is 1.68. The number of carbonyl (C=O) groups is 1. The number of urea groups is 1. The van der Waals surface area contributed by atoms with Crippen molar-refractivity contribution in [3.63, 3.8) is 0 Å². The molecular formula is C21H27N3O2. The Balaban J connectivity index is 1.51. The van der Waals surface area contributed by atoms with Crippen LogP contribution >= 0.6 is 0 Å². The fourth-order valence-electron chi connectivity index (χ4n) is 3.18. The van der Waals surface area contributed by atoms with Gasteiger partial charge >= 0.3 is 6.03 Å². The highest BCUT2D eigenvalue weighted by Crippen LogP contribution is 2.19. The second kappa shape index (κ2) is 8.23. The molecule has 1 aliphatic rings. The van der Waals surface area contributed by atoms with Crippen LogP contribution in [0.25, 0.3) is 0 Å². The number of nitrogens with zero attached hydrogens (tertiary/aromatic N) is 2.